The zero-order chi connectivity index (χ0) is 11.3. The lowest BCUT2D eigenvalue weighted by molar-refractivity contribution is -0.383. The Labute approximate surface area is 91.9 Å². The molecule has 2 saturated heterocycles. The second-order valence-electron chi connectivity index (χ2n) is 4.00. The van der Waals surface area contributed by atoms with Gasteiger partial charge in [0.2, 0.25) is 11.6 Å². The Morgan fingerprint density at radius 3 is 1.88 bits per heavy atom. The van der Waals surface area contributed by atoms with Crippen LogP contribution in [-0.2, 0) is 0 Å². The fourth-order valence-electron chi connectivity index (χ4n) is 1.67. The number of aromatic nitrogens is 2. The largest absolute Gasteiger partial charge is 0.353 e. The van der Waals surface area contributed by atoms with Crippen LogP contribution in [-0.4, -0.2) is 41.1 Å². The van der Waals surface area contributed by atoms with Crippen molar-refractivity contribution in [2.24, 2.45) is 0 Å². The van der Waals surface area contributed by atoms with Gasteiger partial charge in [0, 0.05) is 26.2 Å². The van der Waals surface area contributed by atoms with Crippen molar-refractivity contribution in [3.8, 4) is 0 Å². The van der Waals surface area contributed by atoms with Crippen molar-refractivity contribution < 1.29 is 4.92 Å². The van der Waals surface area contributed by atoms with Crippen LogP contribution in [0.25, 0.3) is 0 Å². The first kappa shape index (κ1) is 9.32. The van der Waals surface area contributed by atoms with Crippen LogP contribution >= 0.6 is 0 Å². The maximum absolute atomic E-state index is 11.1. The van der Waals surface area contributed by atoms with Gasteiger partial charge in [0.05, 0.1) is 4.92 Å². The van der Waals surface area contributed by atoms with Crippen LogP contribution in [0.2, 0.25) is 0 Å². The molecule has 3 heterocycles. The van der Waals surface area contributed by atoms with E-state index >= 15 is 0 Å². The van der Waals surface area contributed by atoms with Crippen molar-refractivity contribution in [2.45, 2.75) is 6.92 Å². The molecule has 1 aromatic heterocycles. The Hall–Kier alpha value is -1.92. The van der Waals surface area contributed by atoms with Crippen molar-refractivity contribution in [3.05, 3.63) is 15.9 Å². The summed E-state index contributed by atoms with van der Waals surface area (Å²) in [5, 5.41) is 11.1. The summed E-state index contributed by atoms with van der Waals surface area (Å²) in [6.45, 7) is 5.14. The van der Waals surface area contributed by atoms with Crippen LogP contribution in [0.3, 0.4) is 0 Å². The van der Waals surface area contributed by atoms with Crippen LogP contribution in [0.15, 0.2) is 0 Å². The molecule has 0 aromatic carbocycles. The molecule has 1 aromatic rings. The highest BCUT2D eigenvalue weighted by atomic mass is 16.6. The monoisotopic (exact) mass is 221 g/mol. The standard InChI is InChI=1S/C9H11N5O2/c1-6-10-8(12-2-3-12)7(14(15)16)9(11-6)13-4-5-13/h2-5H2,1H3. The Morgan fingerprint density at radius 2 is 1.56 bits per heavy atom. The molecule has 2 aliphatic rings. The van der Waals surface area contributed by atoms with E-state index in [1.54, 1.807) is 6.92 Å². The summed E-state index contributed by atoms with van der Waals surface area (Å²) in [5.41, 5.74) is 0.0561. The summed E-state index contributed by atoms with van der Waals surface area (Å²) in [6.07, 6.45) is 0. The summed E-state index contributed by atoms with van der Waals surface area (Å²) in [7, 11) is 0. The minimum atomic E-state index is -0.374. The topological polar surface area (TPSA) is 74.9 Å². The van der Waals surface area contributed by atoms with Crippen molar-refractivity contribution in [3.63, 3.8) is 0 Å². The van der Waals surface area contributed by atoms with Gasteiger partial charge >= 0.3 is 5.69 Å². The molecule has 0 spiro atoms. The molecule has 0 bridgehead atoms. The number of aryl methyl sites for hydroxylation is 1. The number of hydrogen-bond acceptors (Lipinski definition) is 6. The van der Waals surface area contributed by atoms with Gasteiger partial charge in [-0.05, 0) is 6.92 Å². The van der Waals surface area contributed by atoms with E-state index in [1.165, 1.54) is 0 Å². The molecular weight excluding hydrogens is 210 g/mol. The third kappa shape index (κ3) is 1.44. The van der Waals surface area contributed by atoms with Crippen LogP contribution in [0.5, 0.6) is 0 Å². The van der Waals surface area contributed by atoms with Crippen LogP contribution in [0.1, 0.15) is 5.82 Å². The normalized spacial score (nSPS) is 17.6. The molecule has 0 amide bonds. The van der Waals surface area contributed by atoms with E-state index < -0.39 is 0 Å². The summed E-state index contributed by atoms with van der Waals surface area (Å²) in [5.74, 6) is 1.54. The van der Waals surface area contributed by atoms with Gasteiger partial charge in [0.1, 0.15) is 5.82 Å². The predicted octanol–water partition coefficient (Wildman–Crippen LogP) is 0.333. The van der Waals surface area contributed by atoms with Gasteiger partial charge in [-0.15, -0.1) is 0 Å². The van der Waals surface area contributed by atoms with Gasteiger partial charge < -0.3 is 9.80 Å². The number of rotatable bonds is 3. The number of anilines is 2. The highest BCUT2D eigenvalue weighted by Crippen LogP contribution is 2.38. The molecule has 16 heavy (non-hydrogen) atoms. The van der Waals surface area contributed by atoms with E-state index in [9.17, 15) is 10.1 Å². The first-order chi connectivity index (χ1) is 7.66. The first-order valence-electron chi connectivity index (χ1n) is 5.20. The molecule has 7 nitrogen and oxygen atoms in total. The average Bonchev–Trinajstić information content (AvgIpc) is 3.09. The number of nitro groups is 1. The zero-order valence-electron chi connectivity index (χ0n) is 8.88. The Bertz CT molecular complexity index is 434. The van der Waals surface area contributed by atoms with Gasteiger partial charge in [0.25, 0.3) is 0 Å². The molecular formula is C9H11N5O2. The Kier molecular flexibility index (Phi) is 1.77. The summed E-state index contributed by atoms with van der Waals surface area (Å²) in [6, 6.07) is 0. The van der Waals surface area contributed by atoms with E-state index in [-0.39, 0.29) is 10.6 Å². The third-order valence-corrected chi connectivity index (χ3v) is 2.64. The average molecular weight is 221 g/mol. The van der Waals surface area contributed by atoms with Gasteiger partial charge in [-0.25, -0.2) is 9.97 Å². The minimum absolute atomic E-state index is 0.0561. The molecule has 2 aliphatic heterocycles. The Morgan fingerprint density at radius 1 is 1.12 bits per heavy atom. The van der Waals surface area contributed by atoms with Crippen molar-refractivity contribution in [1.82, 2.24) is 9.97 Å². The van der Waals surface area contributed by atoms with Crippen molar-refractivity contribution in [2.75, 3.05) is 36.0 Å². The Balaban J connectivity index is 2.17. The highest BCUT2D eigenvalue weighted by Gasteiger charge is 2.37. The number of nitrogens with zero attached hydrogens (tertiary/aromatic N) is 5. The summed E-state index contributed by atoms with van der Waals surface area (Å²) >= 11 is 0. The fourth-order valence-corrected chi connectivity index (χ4v) is 1.67. The first-order valence-corrected chi connectivity index (χ1v) is 5.20. The van der Waals surface area contributed by atoms with Crippen molar-refractivity contribution >= 4 is 17.3 Å². The lowest BCUT2D eigenvalue weighted by Gasteiger charge is -2.08. The van der Waals surface area contributed by atoms with Gasteiger partial charge in [-0.3, -0.25) is 10.1 Å². The highest BCUT2D eigenvalue weighted by molar-refractivity contribution is 5.74. The molecule has 0 radical (unpaired) electrons. The zero-order valence-corrected chi connectivity index (χ0v) is 8.88. The lowest BCUT2D eigenvalue weighted by Crippen LogP contribution is -2.09. The van der Waals surface area contributed by atoms with Gasteiger partial charge in [-0.2, -0.15) is 0 Å². The molecule has 0 atom stereocenters. The molecule has 3 rings (SSSR count). The van der Waals surface area contributed by atoms with Gasteiger partial charge in [-0.1, -0.05) is 0 Å². The summed E-state index contributed by atoms with van der Waals surface area (Å²) in [4.78, 5) is 22.8. The summed E-state index contributed by atoms with van der Waals surface area (Å²) < 4.78 is 0. The van der Waals surface area contributed by atoms with Crippen molar-refractivity contribution in [1.29, 1.82) is 0 Å². The van der Waals surface area contributed by atoms with Gasteiger partial charge in [0.15, 0.2) is 0 Å². The van der Waals surface area contributed by atoms with E-state index in [1.807, 2.05) is 9.80 Å². The maximum atomic E-state index is 11.1. The lowest BCUT2D eigenvalue weighted by atomic mass is 10.4. The smallest absolute Gasteiger partial charge is 0.347 e. The second kappa shape index (κ2) is 3.03. The maximum Gasteiger partial charge on any atom is 0.353 e. The van der Waals surface area contributed by atoms with E-state index in [0.717, 1.165) is 26.2 Å². The SMILES string of the molecule is Cc1nc(N2CC2)c([N+](=O)[O-])c(N2CC2)n1. The molecule has 7 heteroatoms. The fraction of sp³-hybridized carbons (Fsp3) is 0.556. The second-order valence-corrected chi connectivity index (χ2v) is 4.00. The van der Waals surface area contributed by atoms with E-state index in [4.69, 9.17) is 0 Å². The van der Waals surface area contributed by atoms with Crippen LogP contribution in [0.4, 0.5) is 17.3 Å². The molecule has 0 saturated carbocycles. The third-order valence-electron chi connectivity index (χ3n) is 2.64. The molecule has 0 aliphatic carbocycles. The quantitative estimate of drug-likeness (QED) is 0.416. The van der Waals surface area contributed by atoms with Crippen LogP contribution in [0, 0.1) is 17.0 Å². The molecule has 0 unspecified atom stereocenters. The molecule has 84 valence electrons. The van der Waals surface area contributed by atoms with E-state index in [2.05, 4.69) is 9.97 Å². The van der Waals surface area contributed by atoms with Crippen LogP contribution < -0.4 is 9.80 Å². The predicted molar refractivity (Wildman–Crippen MR) is 57.8 cm³/mol. The number of hydrogen-bond donors (Lipinski definition) is 0. The molecule has 2 fully saturated rings. The van der Waals surface area contributed by atoms with E-state index in [0.29, 0.717) is 17.5 Å². The molecule has 0 N–H and O–H groups in total. The minimum Gasteiger partial charge on any atom is -0.347 e.